The van der Waals surface area contributed by atoms with Crippen molar-refractivity contribution in [1.29, 1.82) is 0 Å². The summed E-state index contributed by atoms with van der Waals surface area (Å²) in [4.78, 5) is 12.2. The van der Waals surface area contributed by atoms with E-state index in [1.807, 2.05) is 25.1 Å². The van der Waals surface area contributed by atoms with Gasteiger partial charge < -0.3 is 10.6 Å². The number of aryl methyl sites for hydroxylation is 1. The first-order valence-electron chi connectivity index (χ1n) is 7.21. The van der Waals surface area contributed by atoms with Gasteiger partial charge in [0.2, 0.25) is 0 Å². The molecule has 2 rings (SSSR count). The predicted octanol–water partition coefficient (Wildman–Crippen LogP) is 3.49. The van der Waals surface area contributed by atoms with Crippen LogP contribution in [0.4, 0.5) is 5.69 Å². The molecule has 0 unspecified atom stereocenters. The zero-order chi connectivity index (χ0) is 13.9. The van der Waals surface area contributed by atoms with E-state index in [9.17, 15) is 4.79 Å². The molecule has 0 saturated heterocycles. The van der Waals surface area contributed by atoms with E-state index in [2.05, 4.69) is 24.5 Å². The molecule has 0 aromatic heterocycles. The molecule has 1 amide bonds. The zero-order valence-electron chi connectivity index (χ0n) is 12.2. The Morgan fingerprint density at radius 1 is 1.37 bits per heavy atom. The van der Waals surface area contributed by atoms with Crippen molar-refractivity contribution in [2.24, 2.45) is 0 Å². The summed E-state index contributed by atoms with van der Waals surface area (Å²) in [6.07, 6.45) is 4.50. The molecular formula is C16H24N2O. The Kier molecular flexibility index (Phi) is 4.13. The summed E-state index contributed by atoms with van der Waals surface area (Å²) in [5.74, 6) is 0.0485. The summed E-state index contributed by atoms with van der Waals surface area (Å²) in [5.41, 5.74) is 3.02. The Bertz CT molecular complexity index is 464. The first kappa shape index (κ1) is 13.9. The summed E-state index contributed by atoms with van der Waals surface area (Å²) in [5, 5.41) is 6.51. The van der Waals surface area contributed by atoms with E-state index in [-0.39, 0.29) is 11.4 Å². The Labute approximate surface area is 115 Å². The Morgan fingerprint density at radius 3 is 2.63 bits per heavy atom. The molecule has 1 aliphatic carbocycles. The van der Waals surface area contributed by atoms with Gasteiger partial charge in [0.1, 0.15) is 0 Å². The van der Waals surface area contributed by atoms with E-state index in [1.165, 1.54) is 6.42 Å². The van der Waals surface area contributed by atoms with Crippen molar-refractivity contribution in [3.05, 3.63) is 29.3 Å². The van der Waals surface area contributed by atoms with Crippen LogP contribution < -0.4 is 10.6 Å². The highest BCUT2D eigenvalue weighted by Gasteiger charge is 2.33. The van der Waals surface area contributed by atoms with Gasteiger partial charge in [-0.25, -0.2) is 0 Å². The van der Waals surface area contributed by atoms with Crippen molar-refractivity contribution < 1.29 is 4.79 Å². The Morgan fingerprint density at radius 2 is 2.11 bits per heavy atom. The molecule has 0 aliphatic heterocycles. The lowest BCUT2D eigenvalue weighted by Gasteiger charge is -2.39. The van der Waals surface area contributed by atoms with Crippen LogP contribution >= 0.6 is 0 Å². The Balaban J connectivity index is 2.04. The third-order valence-corrected chi connectivity index (χ3v) is 3.93. The van der Waals surface area contributed by atoms with Gasteiger partial charge in [0.05, 0.1) is 0 Å². The van der Waals surface area contributed by atoms with Gasteiger partial charge in [0.25, 0.3) is 5.91 Å². The summed E-state index contributed by atoms with van der Waals surface area (Å²) >= 11 is 0. The molecule has 1 saturated carbocycles. The van der Waals surface area contributed by atoms with E-state index < -0.39 is 0 Å². The fourth-order valence-corrected chi connectivity index (χ4v) is 2.44. The number of hydrogen-bond acceptors (Lipinski definition) is 2. The van der Waals surface area contributed by atoms with Crippen LogP contribution in [0.3, 0.4) is 0 Å². The maximum absolute atomic E-state index is 12.2. The third-order valence-electron chi connectivity index (χ3n) is 3.93. The maximum atomic E-state index is 12.2. The van der Waals surface area contributed by atoms with Crippen LogP contribution in [0.1, 0.15) is 55.5 Å². The average Bonchev–Trinajstić information content (AvgIpc) is 2.35. The van der Waals surface area contributed by atoms with Gasteiger partial charge in [0.15, 0.2) is 0 Å². The van der Waals surface area contributed by atoms with Crippen molar-refractivity contribution in [2.45, 2.75) is 52.0 Å². The number of anilines is 1. The number of rotatable bonds is 5. The third kappa shape index (κ3) is 3.28. The minimum atomic E-state index is 0.0180. The van der Waals surface area contributed by atoms with Crippen LogP contribution in [0, 0.1) is 6.92 Å². The van der Waals surface area contributed by atoms with Gasteiger partial charge in [-0.1, -0.05) is 6.92 Å². The summed E-state index contributed by atoms with van der Waals surface area (Å²) < 4.78 is 0. The number of nitrogens with one attached hydrogen (secondary N) is 2. The van der Waals surface area contributed by atoms with Gasteiger partial charge in [0, 0.05) is 23.3 Å². The highest BCUT2D eigenvalue weighted by Crippen LogP contribution is 2.31. The number of amides is 1. The van der Waals surface area contributed by atoms with Crippen molar-refractivity contribution in [3.63, 3.8) is 0 Å². The number of carbonyl (C=O) groups is 1. The molecule has 1 aliphatic rings. The topological polar surface area (TPSA) is 41.1 Å². The van der Waals surface area contributed by atoms with Crippen LogP contribution in [0.2, 0.25) is 0 Å². The lowest BCUT2D eigenvalue weighted by atomic mass is 9.78. The first-order valence-corrected chi connectivity index (χ1v) is 7.21. The monoisotopic (exact) mass is 260 g/mol. The quantitative estimate of drug-likeness (QED) is 0.851. The highest BCUT2D eigenvalue weighted by atomic mass is 16.1. The minimum absolute atomic E-state index is 0.0180. The van der Waals surface area contributed by atoms with E-state index in [0.717, 1.165) is 42.6 Å². The first-order chi connectivity index (χ1) is 9.04. The number of benzene rings is 1. The van der Waals surface area contributed by atoms with E-state index in [1.54, 1.807) is 0 Å². The Hall–Kier alpha value is -1.51. The predicted molar refractivity (Wildman–Crippen MR) is 79.7 cm³/mol. The summed E-state index contributed by atoms with van der Waals surface area (Å²) in [6.45, 7) is 7.27. The SMILES string of the molecule is CCCNc1ccc(C(=O)NC2(C)CCC2)cc1C. The van der Waals surface area contributed by atoms with Crippen molar-refractivity contribution >= 4 is 11.6 Å². The van der Waals surface area contributed by atoms with Gasteiger partial charge in [-0.05, 0) is 63.3 Å². The second-order valence-electron chi connectivity index (χ2n) is 5.82. The molecule has 1 aromatic carbocycles. The molecule has 3 nitrogen and oxygen atoms in total. The van der Waals surface area contributed by atoms with Crippen LogP contribution in [0.15, 0.2) is 18.2 Å². The average molecular weight is 260 g/mol. The number of hydrogen-bond donors (Lipinski definition) is 2. The molecule has 0 atom stereocenters. The van der Waals surface area contributed by atoms with E-state index >= 15 is 0 Å². The second-order valence-corrected chi connectivity index (χ2v) is 5.82. The molecule has 1 aromatic rings. The van der Waals surface area contributed by atoms with Gasteiger partial charge >= 0.3 is 0 Å². The summed E-state index contributed by atoms with van der Waals surface area (Å²) in [7, 11) is 0. The fourth-order valence-electron chi connectivity index (χ4n) is 2.44. The van der Waals surface area contributed by atoms with Crippen molar-refractivity contribution in [2.75, 3.05) is 11.9 Å². The lowest BCUT2D eigenvalue weighted by molar-refractivity contribution is 0.0850. The fraction of sp³-hybridized carbons (Fsp3) is 0.562. The van der Waals surface area contributed by atoms with Crippen LogP contribution in [0.5, 0.6) is 0 Å². The molecule has 104 valence electrons. The lowest BCUT2D eigenvalue weighted by Crippen LogP contribution is -2.50. The van der Waals surface area contributed by atoms with Gasteiger partial charge in [-0.3, -0.25) is 4.79 Å². The van der Waals surface area contributed by atoms with Crippen molar-refractivity contribution in [3.8, 4) is 0 Å². The van der Waals surface area contributed by atoms with Gasteiger partial charge in [-0.2, -0.15) is 0 Å². The standard InChI is InChI=1S/C16H24N2O/c1-4-10-17-14-7-6-13(11-12(14)2)15(19)18-16(3)8-5-9-16/h6-7,11,17H,4-5,8-10H2,1-3H3,(H,18,19). The smallest absolute Gasteiger partial charge is 0.251 e. The van der Waals surface area contributed by atoms with Gasteiger partial charge in [-0.15, -0.1) is 0 Å². The molecule has 2 N–H and O–H groups in total. The van der Waals surface area contributed by atoms with Crippen LogP contribution in [0.25, 0.3) is 0 Å². The molecule has 3 heteroatoms. The minimum Gasteiger partial charge on any atom is -0.385 e. The summed E-state index contributed by atoms with van der Waals surface area (Å²) in [6, 6.07) is 5.88. The highest BCUT2D eigenvalue weighted by molar-refractivity contribution is 5.95. The molecule has 0 bridgehead atoms. The van der Waals surface area contributed by atoms with Crippen LogP contribution in [-0.4, -0.2) is 18.0 Å². The molecular weight excluding hydrogens is 236 g/mol. The molecule has 0 heterocycles. The largest absolute Gasteiger partial charge is 0.385 e. The second kappa shape index (κ2) is 5.64. The number of carbonyl (C=O) groups excluding carboxylic acids is 1. The van der Waals surface area contributed by atoms with E-state index in [0.29, 0.717) is 0 Å². The maximum Gasteiger partial charge on any atom is 0.251 e. The van der Waals surface area contributed by atoms with E-state index in [4.69, 9.17) is 0 Å². The molecule has 19 heavy (non-hydrogen) atoms. The molecule has 1 fully saturated rings. The van der Waals surface area contributed by atoms with Crippen molar-refractivity contribution in [1.82, 2.24) is 5.32 Å². The zero-order valence-corrected chi connectivity index (χ0v) is 12.2. The molecule has 0 radical (unpaired) electrons. The molecule has 0 spiro atoms. The van der Waals surface area contributed by atoms with Crippen LogP contribution in [-0.2, 0) is 0 Å². The normalized spacial score (nSPS) is 16.6.